The first kappa shape index (κ1) is 6.68. The molecular formula is C8H7NO. The van der Waals surface area contributed by atoms with Crippen molar-refractivity contribution in [2.75, 3.05) is 0 Å². The van der Waals surface area contributed by atoms with E-state index in [0.29, 0.717) is 0 Å². The minimum atomic E-state index is 0.750. The summed E-state index contributed by atoms with van der Waals surface area (Å²) < 4.78 is 0. The van der Waals surface area contributed by atoms with Gasteiger partial charge >= 0.3 is 0 Å². The SMILES string of the molecule is O=C/C=C/c1ccncc1. The molecule has 1 aromatic heterocycles. The number of carbonyl (C=O) groups excluding carboxylic acids is 1. The number of carbonyl (C=O) groups is 1. The zero-order chi connectivity index (χ0) is 7.23. The lowest BCUT2D eigenvalue weighted by Crippen LogP contribution is -1.71. The number of hydrogen-bond donors (Lipinski definition) is 0. The maximum atomic E-state index is 9.88. The van der Waals surface area contributed by atoms with Crippen LogP contribution >= 0.6 is 0 Å². The Morgan fingerprint density at radius 3 is 2.60 bits per heavy atom. The van der Waals surface area contributed by atoms with Crippen LogP contribution in [-0.4, -0.2) is 11.3 Å². The van der Waals surface area contributed by atoms with Crippen molar-refractivity contribution in [2.24, 2.45) is 0 Å². The van der Waals surface area contributed by atoms with E-state index in [1.807, 2.05) is 12.1 Å². The summed E-state index contributed by atoms with van der Waals surface area (Å²) in [6, 6.07) is 3.67. The highest BCUT2D eigenvalue weighted by molar-refractivity contribution is 5.73. The third-order valence-corrected chi connectivity index (χ3v) is 1.07. The molecule has 0 N–H and O–H groups in total. The standard InChI is InChI=1S/C8H7NO/c10-7-1-2-8-3-5-9-6-4-8/h1-7H/b2-1+. The van der Waals surface area contributed by atoms with Crippen molar-refractivity contribution in [3.63, 3.8) is 0 Å². The molecule has 10 heavy (non-hydrogen) atoms. The molecule has 0 bridgehead atoms. The average Bonchev–Trinajstić information content (AvgIpc) is 2.03. The van der Waals surface area contributed by atoms with Gasteiger partial charge in [-0.1, -0.05) is 6.08 Å². The molecule has 0 aliphatic heterocycles. The van der Waals surface area contributed by atoms with Crippen molar-refractivity contribution in [1.29, 1.82) is 0 Å². The molecule has 0 amide bonds. The van der Waals surface area contributed by atoms with Crippen LogP contribution in [0, 0.1) is 0 Å². The molecule has 0 aliphatic carbocycles. The first-order valence-corrected chi connectivity index (χ1v) is 2.95. The van der Waals surface area contributed by atoms with E-state index in [2.05, 4.69) is 4.98 Å². The van der Waals surface area contributed by atoms with Gasteiger partial charge in [0.1, 0.15) is 6.29 Å². The van der Waals surface area contributed by atoms with E-state index in [1.54, 1.807) is 18.5 Å². The Morgan fingerprint density at radius 2 is 2.00 bits per heavy atom. The minimum absolute atomic E-state index is 0.750. The fraction of sp³-hybridized carbons (Fsp3) is 0. The largest absolute Gasteiger partial charge is 0.299 e. The fourth-order valence-electron chi connectivity index (χ4n) is 0.625. The van der Waals surface area contributed by atoms with Crippen molar-refractivity contribution in [2.45, 2.75) is 0 Å². The van der Waals surface area contributed by atoms with Crippen LogP contribution in [0.2, 0.25) is 0 Å². The second kappa shape index (κ2) is 3.56. The molecule has 0 aliphatic rings. The Balaban J connectivity index is 2.76. The van der Waals surface area contributed by atoms with E-state index in [-0.39, 0.29) is 0 Å². The summed E-state index contributed by atoms with van der Waals surface area (Å²) in [6.07, 6.45) is 7.30. The van der Waals surface area contributed by atoms with Gasteiger partial charge in [0.15, 0.2) is 0 Å². The highest BCUT2D eigenvalue weighted by Gasteiger charge is 1.79. The van der Waals surface area contributed by atoms with E-state index in [1.165, 1.54) is 6.08 Å². The van der Waals surface area contributed by atoms with Gasteiger partial charge in [-0.2, -0.15) is 0 Å². The second-order valence-electron chi connectivity index (χ2n) is 1.78. The number of allylic oxidation sites excluding steroid dienone is 1. The molecule has 1 rings (SSSR count). The van der Waals surface area contributed by atoms with Gasteiger partial charge in [0.25, 0.3) is 0 Å². The smallest absolute Gasteiger partial charge is 0.142 e. The quantitative estimate of drug-likeness (QED) is 0.449. The predicted octanol–water partition coefficient (Wildman–Crippen LogP) is 1.29. The molecule has 0 saturated carbocycles. The van der Waals surface area contributed by atoms with E-state index in [4.69, 9.17) is 0 Å². The topological polar surface area (TPSA) is 30.0 Å². The monoisotopic (exact) mass is 133 g/mol. The summed E-state index contributed by atoms with van der Waals surface area (Å²) in [6.45, 7) is 0. The highest BCUT2D eigenvalue weighted by Crippen LogP contribution is 1.96. The number of rotatable bonds is 2. The van der Waals surface area contributed by atoms with Gasteiger partial charge < -0.3 is 0 Å². The van der Waals surface area contributed by atoms with Gasteiger partial charge in [-0.15, -0.1) is 0 Å². The van der Waals surface area contributed by atoms with E-state index < -0.39 is 0 Å². The van der Waals surface area contributed by atoms with Crippen molar-refractivity contribution in [3.05, 3.63) is 36.2 Å². The van der Waals surface area contributed by atoms with Gasteiger partial charge in [-0.25, -0.2) is 0 Å². The Morgan fingerprint density at radius 1 is 1.30 bits per heavy atom. The van der Waals surface area contributed by atoms with Gasteiger partial charge in [-0.3, -0.25) is 9.78 Å². The first-order valence-electron chi connectivity index (χ1n) is 2.95. The zero-order valence-corrected chi connectivity index (χ0v) is 5.40. The Labute approximate surface area is 59.2 Å². The fourth-order valence-corrected chi connectivity index (χ4v) is 0.625. The zero-order valence-electron chi connectivity index (χ0n) is 5.40. The van der Waals surface area contributed by atoms with Gasteiger partial charge in [0.05, 0.1) is 0 Å². The summed E-state index contributed by atoms with van der Waals surface area (Å²) in [7, 11) is 0. The number of pyridine rings is 1. The Hall–Kier alpha value is -1.44. The maximum Gasteiger partial charge on any atom is 0.142 e. The van der Waals surface area contributed by atoms with E-state index in [0.717, 1.165) is 11.8 Å². The van der Waals surface area contributed by atoms with Crippen LogP contribution in [-0.2, 0) is 4.79 Å². The van der Waals surface area contributed by atoms with Crippen molar-refractivity contribution in [1.82, 2.24) is 4.98 Å². The van der Waals surface area contributed by atoms with Crippen LogP contribution in [0.4, 0.5) is 0 Å². The summed E-state index contributed by atoms with van der Waals surface area (Å²) in [5.41, 5.74) is 0.988. The minimum Gasteiger partial charge on any atom is -0.299 e. The first-order chi connectivity index (χ1) is 4.93. The molecule has 1 aromatic rings. The Bertz CT molecular complexity index is 228. The van der Waals surface area contributed by atoms with Gasteiger partial charge in [-0.05, 0) is 23.8 Å². The van der Waals surface area contributed by atoms with Gasteiger partial charge in [0, 0.05) is 12.4 Å². The van der Waals surface area contributed by atoms with Crippen molar-refractivity contribution in [3.8, 4) is 0 Å². The van der Waals surface area contributed by atoms with E-state index in [9.17, 15) is 4.79 Å². The molecule has 2 heteroatoms. The Kier molecular flexibility index (Phi) is 2.38. The molecule has 0 atom stereocenters. The molecule has 0 unspecified atom stereocenters. The normalized spacial score (nSPS) is 10.0. The summed E-state index contributed by atoms with van der Waals surface area (Å²) in [4.78, 5) is 13.7. The maximum absolute atomic E-state index is 9.88. The molecule has 0 fully saturated rings. The summed E-state index contributed by atoms with van der Waals surface area (Å²) >= 11 is 0. The van der Waals surface area contributed by atoms with Crippen LogP contribution < -0.4 is 0 Å². The van der Waals surface area contributed by atoms with Crippen LogP contribution in [0.5, 0.6) is 0 Å². The summed E-state index contributed by atoms with van der Waals surface area (Å²) in [5, 5.41) is 0. The molecule has 50 valence electrons. The highest BCUT2D eigenvalue weighted by atomic mass is 16.1. The summed E-state index contributed by atoms with van der Waals surface area (Å²) in [5.74, 6) is 0. The predicted molar refractivity (Wildman–Crippen MR) is 39.3 cm³/mol. The van der Waals surface area contributed by atoms with Crippen LogP contribution in [0.25, 0.3) is 6.08 Å². The third-order valence-electron chi connectivity index (χ3n) is 1.07. The molecule has 0 saturated heterocycles. The third kappa shape index (κ3) is 1.82. The molecule has 2 nitrogen and oxygen atoms in total. The number of nitrogens with zero attached hydrogens (tertiary/aromatic N) is 1. The average molecular weight is 133 g/mol. The molecular weight excluding hydrogens is 126 g/mol. The van der Waals surface area contributed by atoms with Crippen molar-refractivity contribution < 1.29 is 4.79 Å². The lowest BCUT2D eigenvalue weighted by atomic mass is 10.2. The van der Waals surface area contributed by atoms with Crippen LogP contribution in [0.1, 0.15) is 5.56 Å². The van der Waals surface area contributed by atoms with Crippen molar-refractivity contribution >= 4 is 12.4 Å². The number of hydrogen-bond acceptors (Lipinski definition) is 2. The van der Waals surface area contributed by atoms with E-state index >= 15 is 0 Å². The lowest BCUT2D eigenvalue weighted by Gasteiger charge is -1.86. The molecule has 0 aromatic carbocycles. The molecule has 0 radical (unpaired) electrons. The van der Waals surface area contributed by atoms with Crippen LogP contribution in [0.3, 0.4) is 0 Å². The lowest BCUT2D eigenvalue weighted by molar-refractivity contribution is -0.104. The second-order valence-corrected chi connectivity index (χ2v) is 1.78. The van der Waals surface area contributed by atoms with Crippen LogP contribution in [0.15, 0.2) is 30.6 Å². The molecule has 0 spiro atoms. The number of aldehydes is 1. The molecule has 1 heterocycles. The van der Waals surface area contributed by atoms with Gasteiger partial charge in [0.2, 0.25) is 0 Å². The number of aromatic nitrogens is 1.